The molecule has 2 saturated heterocycles. The van der Waals surface area contributed by atoms with Crippen molar-refractivity contribution in [2.45, 2.75) is 51.6 Å². The van der Waals surface area contributed by atoms with Crippen LogP contribution in [0.15, 0.2) is 18.3 Å². The molecule has 0 bridgehead atoms. The molecular weight excluding hydrogens is 314 g/mol. The Kier molecular flexibility index (Phi) is 4.92. The zero-order valence-electron chi connectivity index (χ0n) is 15.0. The van der Waals surface area contributed by atoms with Crippen LogP contribution in [0.2, 0.25) is 0 Å². The fraction of sp³-hybridized carbons (Fsp3) is 0.667. The summed E-state index contributed by atoms with van der Waals surface area (Å²) < 4.78 is 2.35. The third kappa shape index (κ3) is 3.51. The van der Waals surface area contributed by atoms with Crippen molar-refractivity contribution in [1.82, 2.24) is 29.9 Å². The Hall–Kier alpha value is -2.02. The second kappa shape index (κ2) is 7.47. The van der Waals surface area contributed by atoms with Crippen molar-refractivity contribution in [3.05, 3.63) is 30.0 Å². The van der Waals surface area contributed by atoms with Crippen LogP contribution in [0, 0.1) is 0 Å². The van der Waals surface area contributed by atoms with Gasteiger partial charge in [0.2, 0.25) is 0 Å². The van der Waals surface area contributed by atoms with Crippen LogP contribution in [0.3, 0.4) is 0 Å². The summed E-state index contributed by atoms with van der Waals surface area (Å²) in [5.74, 6) is 3.78. The lowest BCUT2D eigenvalue weighted by Crippen LogP contribution is -2.34. The van der Waals surface area contributed by atoms with E-state index in [1.165, 1.54) is 31.8 Å². The molecule has 0 N–H and O–H groups in total. The normalized spacial score (nSPS) is 19.6. The Balaban J connectivity index is 1.43. The van der Waals surface area contributed by atoms with Crippen molar-refractivity contribution in [3.8, 4) is 0 Å². The van der Waals surface area contributed by atoms with Gasteiger partial charge in [0.05, 0.1) is 6.54 Å². The summed E-state index contributed by atoms with van der Waals surface area (Å²) in [6.45, 7) is 8.50. The molecule has 2 aromatic heterocycles. The van der Waals surface area contributed by atoms with Gasteiger partial charge in [-0.3, -0.25) is 4.90 Å². The lowest BCUT2D eigenvalue weighted by Gasteiger charge is -2.32. The highest BCUT2D eigenvalue weighted by Gasteiger charge is 2.27. The molecule has 7 heteroatoms. The first-order chi connectivity index (χ1) is 12.3. The SMILES string of the molecule is CCn1c(CN2CCCC2)nnc1C1CCN(c2cccnn2)CC1. The number of likely N-dealkylation sites (tertiary alicyclic amines) is 1. The Morgan fingerprint density at radius 3 is 2.52 bits per heavy atom. The molecule has 0 spiro atoms. The molecule has 0 aliphatic carbocycles. The van der Waals surface area contributed by atoms with Crippen LogP contribution >= 0.6 is 0 Å². The molecule has 0 saturated carbocycles. The maximum atomic E-state index is 4.59. The maximum absolute atomic E-state index is 4.59. The zero-order chi connectivity index (χ0) is 17.1. The van der Waals surface area contributed by atoms with Crippen LogP contribution in [-0.4, -0.2) is 56.0 Å². The van der Waals surface area contributed by atoms with Crippen molar-refractivity contribution < 1.29 is 0 Å². The topological polar surface area (TPSA) is 63.0 Å². The van der Waals surface area contributed by atoms with E-state index in [0.717, 1.165) is 50.7 Å². The minimum Gasteiger partial charge on any atom is -0.355 e. The van der Waals surface area contributed by atoms with Gasteiger partial charge in [-0.15, -0.1) is 15.3 Å². The molecule has 0 unspecified atom stereocenters. The highest BCUT2D eigenvalue weighted by atomic mass is 15.3. The van der Waals surface area contributed by atoms with Crippen molar-refractivity contribution in [2.75, 3.05) is 31.1 Å². The summed E-state index contributed by atoms with van der Waals surface area (Å²) in [6, 6.07) is 3.99. The van der Waals surface area contributed by atoms with Gasteiger partial charge in [-0.25, -0.2) is 0 Å². The average molecular weight is 341 g/mol. The molecule has 7 nitrogen and oxygen atoms in total. The number of hydrogen-bond donors (Lipinski definition) is 0. The summed E-state index contributed by atoms with van der Waals surface area (Å²) in [5, 5.41) is 17.4. The van der Waals surface area contributed by atoms with Crippen molar-refractivity contribution >= 4 is 5.82 Å². The minimum absolute atomic E-state index is 0.493. The molecule has 2 fully saturated rings. The van der Waals surface area contributed by atoms with Crippen LogP contribution in [0.4, 0.5) is 5.82 Å². The van der Waals surface area contributed by atoms with Gasteiger partial charge in [0.25, 0.3) is 0 Å². The van der Waals surface area contributed by atoms with Crippen LogP contribution in [0.5, 0.6) is 0 Å². The summed E-state index contributed by atoms with van der Waals surface area (Å²) in [7, 11) is 0. The van der Waals surface area contributed by atoms with Gasteiger partial charge in [0.15, 0.2) is 5.82 Å². The molecule has 0 radical (unpaired) electrons. The van der Waals surface area contributed by atoms with E-state index in [1.807, 2.05) is 12.1 Å². The van der Waals surface area contributed by atoms with E-state index in [4.69, 9.17) is 0 Å². The number of hydrogen-bond acceptors (Lipinski definition) is 6. The van der Waals surface area contributed by atoms with Gasteiger partial charge >= 0.3 is 0 Å². The number of anilines is 1. The van der Waals surface area contributed by atoms with E-state index < -0.39 is 0 Å². The summed E-state index contributed by atoms with van der Waals surface area (Å²) in [4.78, 5) is 4.82. The number of piperidine rings is 1. The lowest BCUT2D eigenvalue weighted by molar-refractivity contribution is 0.315. The Bertz CT molecular complexity index is 670. The molecule has 2 aromatic rings. The first-order valence-electron chi connectivity index (χ1n) is 9.52. The third-order valence-corrected chi connectivity index (χ3v) is 5.48. The predicted octanol–water partition coefficient (Wildman–Crippen LogP) is 2.07. The van der Waals surface area contributed by atoms with Gasteiger partial charge in [0, 0.05) is 31.7 Å². The van der Waals surface area contributed by atoms with E-state index in [9.17, 15) is 0 Å². The van der Waals surface area contributed by atoms with Crippen LogP contribution in [0.1, 0.15) is 50.2 Å². The van der Waals surface area contributed by atoms with Crippen molar-refractivity contribution in [3.63, 3.8) is 0 Å². The summed E-state index contributed by atoms with van der Waals surface area (Å²) in [6.07, 6.45) is 6.54. The average Bonchev–Trinajstić information content (AvgIpc) is 3.32. The smallest absolute Gasteiger partial charge is 0.151 e. The van der Waals surface area contributed by atoms with Gasteiger partial charge in [0.1, 0.15) is 11.6 Å². The second-order valence-electron chi connectivity index (χ2n) is 7.05. The van der Waals surface area contributed by atoms with Gasteiger partial charge < -0.3 is 9.47 Å². The van der Waals surface area contributed by atoms with Gasteiger partial charge in [-0.2, -0.15) is 5.10 Å². The summed E-state index contributed by atoms with van der Waals surface area (Å²) in [5.41, 5.74) is 0. The first-order valence-corrected chi connectivity index (χ1v) is 9.52. The van der Waals surface area contributed by atoms with E-state index in [-0.39, 0.29) is 0 Å². The van der Waals surface area contributed by atoms with Gasteiger partial charge in [-0.1, -0.05) is 0 Å². The van der Waals surface area contributed by atoms with Crippen LogP contribution in [0.25, 0.3) is 0 Å². The number of aromatic nitrogens is 5. The second-order valence-corrected chi connectivity index (χ2v) is 7.05. The Morgan fingerprint density at radius 1 is 1.04 bits per heavy atom. The standard InChI is InChI=1S/C18H27N7/c1-2-25-17(14-23-10-3-4-11-23)21-22-18(25)15-7-12-24(13-8-15)16-6-5-9-19-20-16/h5-6,9,15H,2-4,7-8,10-14H2,1H3. The summed E-state index contributed by atoms with van der Waals surface area (Å²) >= 11 is 0. The quantitative estimate of drug-likeness (QED) is 0.830. The molecule has 2 aliphatic rings. The monoisotopic (exact) mass is 341 g/mol. The van der Waals surface area contributed by atoms with Crippen LogP contribution in [-0.2, 0) is 13.1 Å². The molecular formula is C18H27N7. The minimum atomic E-state index is 0.493. The first kappa shape index (κ1) is 16.4. The molecule has 0 amide bonds. The van der Waals surface area contributed by atoms with E-state index >= 15 is 0 Å². The molecule has 134 valence electrons. The Morgan fingerprint density at radius 2 is 1.84 bits per heavy atom. The largest absolute Gasteiger partial charge is 0.355 e. The van der Waals surface area contributed by atoms with Crippen molar-refractivity contribution in [2.24, 2.45) is 0 Å². The van der Waals surface area contributed by atoms with E-state index in [2.05, 4.69) is 41.7 Å². The lowest BCUT2D eigenvalue weighted by atomic mass is 9.96. The molecule has 4 heterocycles. The van der Waals surface area contributed by atoms with Crippen molar-refractivity contribution in [1.29, 1.82) is 0 Å². The highest BCUT2D eigenvalue weighted by molar-refractivity contribution is 5.37. The number of nitrogens with zero attached hydrogens (tertiary/aromatic N) is 7. The molecule has 0 atom stereocenters. The molecule has 0 aromatic carbocycles. The van der Waals surface area contributed by atoms with E-state index in [0.29, 0.717) is 5.92 Å². The Labute approximate surface area is 149 Å². The third-order valence-electron chi connectivity index (χ3n) is 5.48. The van der Waals surface area contributed by atoms with E-state index in [1.54, 1.807) is 6.20 Å². The zero-order valence-corrected chi connectivity index (χ0v) is 15.0. The predicted molar refractivity (Wildman–Crippen MR) is 96.4 cm³/mol. The maximum Gasteiger partial charge on any atom is 0.151 e. The molecule has 2 aliphatic heterocycles. The highest BCUT2D eigenvalue weighted by Crippen LogP contribution is 2.29. The molecule has 4 rings (SSSR count). The van der Waals surface area contributed by atoms with Crippen LogP contribution < -0.4 is 4.90 Å². The fourth-order valence-electron chi connectivity index (χ4n) is 4.08. The fourth-order valence-corrected chi connectivity index (χ4v) is 4.08. The number of rotatable bonds is 5. The van der Waals surface area contributed by atoms with Gasteiger partial charge in [-0.05, 0) is 57.8 Å². The molecule has 25 heavy (non-hydrogen) atoms.